The summed E-state index contributed by atoms with van der Waals surface area (Å²) in [6.45, 7) is 1.94. The van der Waals surface area contributed by atoms with Gasteiger partial charge < -0.3 is 16.0 Å². The van der Waals surface area contributed by atoms with Gasteiger partial charge in [0.2, 0.25) is 5.91 Å². The van der Waals surface area contributed by atoms with Crippen LogP contribution in [-0.2, 0) is 4.79 Å². The summed E-state index contributed by atoms with van der Waals surface area (Å²) in [6.07, 6.45) is 2.00. The van der Waals surface area contributed by atoms with Crippen LogP contribution in [0.1, 0.15) is 29.6 Å². The normalized spacial score (nSPS) is 18.1. The number of hydrogen-bond donors (Lipinski definition) is 2. The van der Waals surface area contributed by atoms with Gasteiger partial charge in [0.1, 0.15) is 0 Å². The molecule has 1 aromatic carbocycles. The van der Waals surface area contributed by atoms with E-state index in [4.69, 9.17) is 5.73 Å². The first-order chi connectivity index (χ1) is 9.66. The lowest BCUT2D eigenvalue weighted by molar-refractivity contribution is -0.130. The Morgan fingerprint density at radius 1 is 1.30 bits per heavy atom. The molecule has 0 radical (unpaired) electrons. The second kappa shape index (κ2) is 7.05. The smallest absolute Gasteiger partial charge is 0.251 e. The van der Waals surface area contributed by atoms with Crippen LogP contribution in [0.3, 0.4) is 0 Å². The van der Waals surface area contributed by atoms with Crippen molar-refractivity contribution >= 4 is 11.8 Å². The number of nitrogens with one attached hydrogen (secondary N) is 1. The van der Waals surface area contributed by atoms with Crippen molar-refractivity contribution in [3.05, 3.63) is 35.9 Å². The Balaban J connectivity index is 1.64. The molecular weight excluding hydrogens is 254 g/mol. The van der Waals surface area contributed by atoms with E-state index in [9.17, 15) is 9.59 Å². The van der Waals surface area contributed by atoms with E-state index in [1.165, 1.54) is 0 Å². The van der Waals surface area contributed by atoms with Gasteiger partial charge in [0.05, 0.1) is 0 Å². The molecule has 0 aliphatic carbocycles. The first-order valence-electron chi connectivity index (χ1n) is 7.03. The molecule has 5 nitrogen and oxygen atoms in total. The van der Waals surface area contributed by atoms with Crippen molar-refractivity contribution in [3.63, 3.8) is 0 Å². The molecule has 1 saturated heterocycles. The van der Waals surface area contributed by atoms with Crippen molar-refractivity contribution in [2.45, 2.75) is 25.3 Å². The average Bonchev–Trinajstić information content (AvgIpc) is 2.91. The fraction of sp³-hybridized carbons (Fsp3) is 0.467. The standard InChI is InChI=1S/C15H21N3O2/c16-13-8-10-18(11-13)14(19)7-4-9-17-15(20)12-5-2-1-3-6-12/h1-3,5-6,13H,4,7-11,16H2,(H,17,20)/t13-/m1/s1. The number of likely N-dealkylation sites (tertiary alicyclic amines) is 1. The predicted molar refractivity (Wildman–Crippen MR) is 77.2 cm³/mol. The molecule has 0 unspecified atom stereocenters. The summed E-state index contributed by atoms with van der Waals surface area (Å²) in [6, 6.07) is 9.19. The van der Waals surface area contributed by atoms with E-state index in [2.05, 4.69) is 5.32 Å². The Morgan fingerprint density at radius 3 is 2.70 bits per heavy atom. The highest BCUT2D eigenvalue weighted by Crippen LogP contribution is 2.09. The van der Waals surface area contributed by atoms with Crippen LogP contribution in [0.25, 0.3) is 0 Å². The lowest BCUT2D eigenvalue weighted by Gasteiger charge is -2.15. The van der Waals surface area contributed by atoms with Crippen molar-refractivity contribution in [1.29, 1.82) is 0 Å². The van der Waals surface area contributed by atoms with Gasteiger partial charge in [0.25, 0.3) is 5.91 Å². The van der Waals surface area contributed by atoms with Gasteiger partial charge in [-0.2, -0.15) is 0 Å². The summed E-state index contributed by atoms with van der Waals surface area (Å²) in [7, 11) is 0. The van der Waals surface area contributed by atoms with E-state index in [1.807, 2.05) is 23.1 Å². The van der Waals surface area contributed by atoms with E-state index in [1.54, 1.807) is 12.1 Å². The van der Waals surface area contributed by atoms with Gasteiger partial charge >= 0.3 is 0 Å². The molecule has 1 aliphatic rings. The van der Waals surface area contributed by atoms with Gasteiger partial charge in [-0.05, 0) is 25.0 Å². The van der Waals surface area contributed by atoms with E-state index in [0.29, 0.717) is 31.5 Å². The second-order valence-corrected chi connectivity index (χ2v) is 5.11. The van der Waals surface area contributed by atoms with Crippen molar-refractivity contribution in [1.82, 2.24) is 10.2 Å². The Bertz CT molecular complexity index is 461. The van der Waals surface area contributed by atoms with Crippen LogP contribution < -0.4 is 11.1 Å². The molecule has 1 fully saturated rings. The number of nitrogens with two attached hydrogens (primary N) is 1. The van der Waals surface area contributed by atoms with Crippen molar-refractivity contribution in [3.8, 4) is 0 Å². The summed E-state index contributed by atoms with van der Waals surface area (Å²) >= 11 is 0. The van der Waals surface area contributed by atoms with Gasteiger partial charge in [-0.3, -0.25) is 9.59 Å². The van der Waals surface area contributed by atoms with E-state index < -0.39 is 0 Å². The molecule has 2 amide bonds. The van der Waals surface area contributed by atoms with Crippen LogP contribution in [0.5, 0.6) is 0 Å². The van der Waals surface area contributed by atoms with Gasteiger partial charge in [-0.15, -0.1) is 0 Å². The Morgan fingerprint density at radius 2 is 2.05 bits per heavy atom. The molecule has 1 aromatic rings. The Hall–Kier alpha value is -1.88. The van der Waals surface area contributed by atoms with E-state index in [0.717, 1.165) is 13.0 Å². The summed E-state index contributed by atoms with van der Waals surface area (Å²) in [5.41, 5.74) is 6.41. The van der Waals surface area contributed by atoms with Crippen LogP contribution in [0.4, 0.5) is 0 Å². The zero-order chi connectivity index (χ0) is 14.4. The van der Waals surface area contributed by atoms with E-state index in [-0.39, 0.29) is 17.9 Å². The molecule has 5 heteroatoms. The fourth-order valence-electron chi connectivity index (χ4n) is 2.31. The van der Waals surface area contributed by atoms with Crippen molar-refractivity contribution in [2.24, 2.45) is 5.73 Å². The second-order valence-electron chi connectivity index (χ2n) is 5.11. The molecule has 108 valence electrons. The summed E-state index contributed by atoms with van der Waals surface area (Å²) in [5.74, 6) is 0.0353. The monoisotopic (exact) mass is 275 g/mol. The van der Waals surface area contributed by atoms with E-state index >= 15 is 0 Å². The maximum Gasteiger partial charge on any atom is 0.251 e. The third kappa shape index (κ3) is 4.06. The minimum atomic E-state index is -0.0961. The highest BCUT2D eigenvalue weighted by Gasteiger charge is 2.22. The van der Waals surface area contributed by atoms with Gasteiger partial charge in [-0.1, -0.05) is 18.2 Å². The van der Waals surface area contributed by atoms with Crippen LogP contribution >= 0.6 is 0 Å². The highest BCUT2D eigenvalue weighted by molar-refractivity contribution is 5.94. The molecule has 0 saturated carbocycles. The molecule has 3 N–H and O–H groups in total. The lowest BCUT2D eigenvalue weighted by atomic mass is 10.2. The molecule has 0 spiro atoms. The zero-order valence-electron chi connectivity index (χ0n) is 11.5. The number of nitrogens with zero attached hydrogens (tertiary/aromatic N) is 1. The SMILES string of the molecule is N[C@@H]1CCN(C(=O)CCCNC(=O)c2ccccc2)C1. The number of carbonyl (C=O) groups is 2. The number of carbonyl (C=O) groups excluding carboxylic acids is 2. The molecule has 1 aliphatic heterocycles. The van der Waals surface area contributed by atoms with Crippen LogP contribution in [0.2, 0.25) is 0 Å². The Kier molecular flexibility index (Phi) is 5.12. The zero-order valence-corrected chi connectivity index (χ0v) is 11.5. The minimum Gasteiger partial charge on any atom is -0.352 e. The fourth-order valence-corrected chi connectivity index (χ4v) is 2.31. The molecule has 2 rings (SSSR count). The summed E-state index contributed by atoms with van der Waals surface area (Å²) in [4.78, 5) is 25.4. The maximum absolute atomic E-state index is 11.9. The Labute approximate surface area is 119 Å². The summed E-state index contributed by atoms with van der Waals surface area (Å²) in [5, 5.41) is 2.82. The molecular formula is C15H21N3O2. The van der Waals surface area contributed by atoms with Crippen LogP contribution in [0, 0.1) is 0 Å². The van der Waals surface area contributed by atoms with Crippen molar-refractivity contribution < 1.29 is 9.59 Å². The molecule has 0 bridgehead atoms. The quantitative estimate of drug-likeness (QED) is 0.779. The highest BCUT2D eigenvalue weighted by atomic mass is 16.2. The number of benzene rings is 1. The molecule has 0 aromatic heterocycles. The lowest BCUT2D eigenvalue weighted by Crippen LogP contribution is -2.32. The van der Waals surface area contributed by atoms with Gasteiger partial charge in [0.15, 0.2) is 0 Å². The minimum absolute atomic E-state index is 0.0961. The largest absolute Gasteiger partial charge is 0.352 e. The number of rotatable bonds is 5. The first-order valence-corrected chi connectivity index (χ1v) is 7.03. The van der Waals surface area contributed by atoms with Crippen molar-refractivity contribution in [2.75, 3.05) is 19.6 Å². The molecule has 1 atom stereocenters. The number of amides is 2. The molecule has 1 heterocycles. The van der Waals surface area contributed by atoms with Crippen LogP contribution in [0.15, 0.2) is 30.3 Å². The van der Waals surface area contributed by atoms with Gasteiger partial charge in [0, 0.05) is 37.7 Å². The number of hydrogen-bond acceptors (Lipinski definition) is 3. The maximum atomic E-state index is 11.9. The summed E-state index contributed by atoms with van der Waals surface area (Å²) < 4.78 is 0. The molecule has 20 heavy (non-hydrogen) atoms. The van der Waals surface area contributed by atoms with Gasteiger partial charge in [-0.25, -0.2) is 0 Å². The average molecular weight is 275 g/mol. The van der Waals surface area contributed by atoms with Crippen LogP contribution in [-0.4, -0.2) is 42.4 Å². The third-order valence-corrected chi connectivity index (χ3v) is 3.47. The topological polar surface area (TPSA) is 75.4 Å². The third-order valence-electron chi connectivity index (χ3n) is 3.47. The predicted octanol–water partition coefficient (Wildman–Crippen LogP) is 0.756. The first kappa shape index (κ1) is 14.5.